The van der Waals surface area contributed by atoms with Gasteiger partial charge in [-0.3, -0.25) is 28.8 Å². The van der Waals surface area contributed by atoms with Crippen LogP contribution in [0.15, 0.2) is 76.2 Å². The lowest BCUT2D eigenvalue weighted by molar-refractivity contribution is -0.160. The molecule has 4 N–H and O–H groups in total. The van der Waals surface area contributed by atoms with Gasteiger partial charge in [0.25, 0.3) is 17.6 Å². The Balaban J connectivity index is 1.11. The number of halogens is 1. The number of ketones is 2. The van der Waals surface area contributed by atoms with Gasteiger partial charge < -0.3 is 58.8 Å². The molecule has 2 fully saturated rings. The number of phenols is 1. The molecule has 6 aliphatic rings. The molecule has 20 heteroatoms. The van der Waals surface area contributed by atoms with Gasteiger partial charge in [0.15, 0.2) is 23.5 Å². The normalized spacial score (nSPS) is 29.5. The fourth-order valence-electron chi connectivity index (χ4n) is 10.6. The average Bonchev–Trinajstić information content (AvgIpc) is 4.20. The van der Waals surface area contributed by atoms with Gasteiger partial charge >= 0.3 is 5.97 Å². The summed E-state index contributed by atoms with van der Waals surface area (Å²) >= 11 is 0. The lowest BCUT2D eigenvalue weighted by Crippen LogP contribution is -2.50. The van der Waals surface area contributed by atoms with Gasteiger partial charge in [-0.2, -0.15) is 0 Å². The number of ether oxygens (including phenoxy) is 4. The number of hydrogen-bond acceptors (Lipinski definition) is 16. The molecule has 9 rings (SSSR count). The van der Waals surface area contributed by atoms with Crippen molar-refractivity contribution < 1.29 is 67.5 Å². The first-order chi connectivity index (χ1) is 36.0. The number of hydrogen-bond donors (Lipinski definition) is 4. The van der Waals surface area contributed by atoms with Gasteiger partial charge in [-0.25, -0.2) is 4.39 Å². The summed E-state index contributed by atoms with van der Waals surface area (Å²) < 4.78 is 42.1. The molecule has 0 spiro atoms. The summed E-state index contributed by atoms with van der Waals surface area (Å²) in [4.78, 5) is 90.6. The average molecular weight is 1050 g/mol. The highest BCUT2D eigenvalue weighted by Gasteiger charge is 2.51. The monoisotopic (exact) mass is 1050 g/mol. The highest BCUT2D eigenvalue weighted by molar-refractivity contribution is 6.31. The van der Waals surface area contributed by atoms with Crippen LogP contribution in [0.4, 0.5) is 10.1 Å². The van der Waals surface area contributed by atoms with E-state index in [-0.39, 0.29) is 71.4 Å². The number of fused-ring (bicyclic) bond motifs is 15. The number of esters is 1. The summed E-state index contributed by atoms with van der Waals surface area (Å²) in [5.41, 5.74) is -0.0861. The third-order valence-corrected chi connectivity index (χ3v) is 15.4. The number of aliphatic hydroxyl groups is 2. The lowest BCUT2D eigenvalue weighted by Gasteiger charge is -2.38. The number of Topliss-reactive ketones (excluding diaryl/α,β-unsaturated/α-hetero) is 1. The molecule has 3 aromatic rings. The number of nitrogens with zero attached hydrogens (tertiary/aromatic N) is 4. The quantitative estimate of drug-likeness (QED) is 0.166. The zero-order chi connectivity index (χ0) is 55.2. The van der Waals surface area contributed by atoms with Crippen molar-refractivity contribution in [3.05, 3.63) is 110 Å². The molecule has 1 saturated heterocycles. The van der Waals surface area contributed by atoms with Crippen molar-refractivity contribution in [2.75, 3.05) is 44.8 Å². The molecule has 2 aliphatic carbocycles. The summed E-state index contributed by atoms with van der Waals surface area (Å²) in [6.07, 6.45) is 7.95. The van der Waals surface area contributed by atoms with E-state index >= 15 is 4.39 Å². The number of aryl methyl sites for hydroxylation is 1. The van der Waals surface area contributed by atoms with E-state index in [9.17, 15) is 44.1 Å². The number of nitrogens with one attached hydrogen (secondary N) is 1. The van der Waals surface area contributed by atoms with Crippen molar-refractivity contribution in [2.45, 2.75) is 111 Å². The number of methoxy groups -OCH3 is 1. The second kappa shape index (κ2) is 21.8. The Bertz CT molecular complexity index is 3090. The third-order valence-electron chi connectivity index (χ3n) is 15.4. The minimum absolute atomic E-state index is 0.00615. The van der Waals surface area contributed by atoms with E-state index in [1.54, 1.807) is 52.8 Å². The van der Waals surface area contributed by atoms with Gasteiger partial charge in [-0.15, -0.1) is 0 Å². The van der Waals surface area contributed by atoms with Crippen LogP contribution in [0.25, 0.3) is 10.9 Å². The first kappa shape index (κ1) is 55.1. The van der Waals surface area contributed by atoms with Crippen LogP contribution in [-0.4, -0.2) is 130 Å². The van der Waals surface area contributed by atoms with Crippen molar-refractivity contribution in [1.82, 2.24) is 14.8 Å². The molecule has 1 aromatic heterocycles. The Labute approximate surface area is 439 Å². The molecule has 19 nitrogen and oxygen atoms in total. The molecule has 0 radical (unpaired) electrons. The van der Waals surface area contributed by atoms with E-state index in [2.05, 4.69) is 10.5 Å². The van der Waals surface area contributed by atoms with Crippen molar-refractivity contribution in [3.63, 3.8) is 0 Å². The van der Waals surface area contributed by atoms with Gasteiger partial charge in [-0.05, 0) is 51.8 Å². The number of oxime groups is 1. The molecule has 9 atom stereocenters. The maximum Gasteiger partial charge on any atom is 0.302 e. The molecule has 5 bridgehead atoms. The molecule has 406 valence electrons. The van der Waals surface area contributed by atoms with Crippen LogP contribution in [0.1, 0.15) is 105 Å². The molecule has 0 unspecified atom stereocenters. The predicted molar refractivity (Wildman–Crippen MR) is 277 cm³/mol. The van der Waals surface area contributed by atoms with Crippen LogP contribution in [0.2, 0.25) is 0 Å². The Kier molecular flexibility index (Phi) is 15.8. The van der Waals surface area contributed by atoms with E-state index in [1.165, 1.54) is 64.2 Å². The molecule has 1 saturated carbocycles. The van der Waals surface area contributed by atoms with Crippen molar-refractivity contribution in [2.24, 2.45) is 28.8 Å². The summed E-state index contributed by atoms with van der Waals surface area (Å²) in [6, 6.07) is 3.24. The van der Waals surface area contributed by atoms with Crippen molar-refractivity contribution in [3.8, 4) is 11.5 Å². The smallest absolute Gasteiger partial charge is 0.302 e. The number of phenolic OH excluding ortho intramolecular Hbond substituents is 1. The Morgan fingerprint density at radius 1 is 0.934 bits per heavy atom. The number of rotatable bonds is 7. The number of piperazine rings is 1. The van der Waals surface area contributed by atoms with Crippen LogP contribution >= 0.6 is 0 Å². The second-order valence-electron chi connectivity index (χ2n) is 20.7. The number of pyridine rings is 1. The zero-order valence-corrected chi connectivity index (χ0v) is 44.3. The van der Waals surface area contributed by atoms with Crippen molar-refractivity contribution in [1.29, 1.82) is 0 Å². The van der Waals surface area contributed by atoms with Gasteiger partial charge in [0.2, 0.25) is 5.78 Å². The van der Waals surface area contributed by atoms with E-state index in [0.29, 0.717) is 22.2 Å². The van der Waals surface area contributed by atoms with Crippen LogP contribution < -0.4 is 20.4 Å². The summed E-state index contributed by atoms with van der Waals surface area (Å²) in [5, 5.41) is 41.8. The number of aliphatic hydroxyl groups excluding tert-OH is 2. The van der Waals surface area contributed by atoms with Gasteiger partial charge in [0, 0.05) is 111 Å². The molecule has 2 aromatic carbocycles. The first-order valence-corrected chi connectivity index (χ1v) is 25.5. The Hall–Kier alpha value is -7.16. The highest BCUT2D eigenvalue weighted by Crippen LogP contribution is 2.48. The Morgan fingerprint density at radius 2 is 1.63 bits per heavy atom. The number of amides is 2. The highest BCUT2D eigenvalue weighted by atomic mass is 19.1. The van der Waals surface area contributed by atoms with Crippen LogP contribution in [0.5, 0.6) is 11.5 Å². The minimum atomic E-state index is -2.00. The first-order valence-electron chi connectivity index (χ1n) is 25.5. The SMILES string of the molecule is CO[C@H]1/C=C/O[C@@]2(C)Oc3c(C)c(O)c4c(c3/C2=N/OCC(=O)N2CCN(c3cc5c(cc3F)c(=O)c(C)cn5C3CC3)CC2)C(=O)C=C(NC(=O)/C(C)=C\C=C\[C@H](C)[C@H](O)[C@@H](C)[C@@H](O)[C@@H](C)[C@H](OC(C)=O)[C@@H]1C)C4=O. The summed E-state index contributed by atoms with van der Waals surface area (Å²) in [5.74, 6) is -9.47. The topological polar surface area (TPSA) is 245 Å². The second-order valence-corrected chi connectivity index (χ2v) is 20.7. The molecular weight excluding hydrogens is 986 g/mol. The van der Waals surface area contributed by atoms with E-state index in [1.807, 2.05) is 15.7 Å². The van der Waals surface area contributed by atoms with E-state index < -0.39 is 113 Å². The number of carbonyl (C=O) groups excluding carboxylic acids is 5. The summed E-state index contributed by atoms with van der Waals surface area (Å²) in [7, 11) is 1.42. The lowest BCUT2D eigenvalue weighted by atomic mass is 9.78. The largest absolute Gasteiger partial charge is 0.507 e. The van der Waals surface area contributed by atoms with E-state index in [0.717, 1.165) is 18.9 Å². The number of allylic oxidation sites excluding steroid dienone is 4. The number of aromatic hydroxyl groups is 1. The molecule has 2 amide bonds. The number of carbonyl (C=O) groups is 5. The van der Waals surface area contributed by atoms with Crippen molar-refractivity contribution >= 4 is 51.7 Å². The number of aromatic nitrogens is 1. The Morgan fingerprint density at radius 3 is 2.29 bits per heavy atom. The zero-order valence-electron chi connectivity index (χ0n) is 44.3. The molecule has 4 aliphatic heterocycles. The maximum atomic E-state index is 15.7. The fourth-order valence-corrected chi connectivity index (χ4v) is 10.6. The molecule has 76 heavy (non-hydrogen) atoms. The van der Waals surface area contributed by atoms with Crippen LogP contribution in [0.3, 0.4) is 0 Å². The fraction of sp³-hybridized carbons (Fsp3) is 0.482. The summed E-state index contributed by atoms with van der Waals surface area (Å²) in [6.45, 7) is 14.4. The third kappa shape index (κ3) is 10.5. The van der Waals surface area contributed by atoms with Crippen LogP contribution in [0, 0.1) is 43.3 Å². The van der Waals surface area contributed by atoms with E-state index in [4.69, 9.17) is 23.8 Å². The van der Waals surface area contributed by atoms with Gasteiger partial charge in [0.1, 0.15) is 23.4 Å². The minimum Gasteiger partial charge on any atom is -0.507 e. The number of benzene rings is 2. The van der Waals surface area contributed by atoms with Gasteiger partial charge in [-0.1, -0.05) is 51.1 Å². The standard InChI is InChI=1S/C56H66FN5O14/c1-27-12-11-13-28(2)55(71)58-38-23-41(64)44-45(51(38)70)50(69)33(7)53-46(44)54(56(9,76-53)73-21-16-42(72-10)30(4)52(75-34(8)63)32(6)49(68)31(5)47(27)66)59-74-26-43(65)61-19-17-60(18-20-61)40-24-39-36(22-37(40)57)48(67)29(3)25-62(39)35-14-15-35/h11-13,16,21-25,27,30-32,35,42,47,49,52,66,68-69H,14-15,17-20,26H2,1-10H3,(H,58,71)/b12-11+,21-16+,28-13-,59-54-/t27-,30+,31+,32+,42-,47-,49+,52+,56-/m0/s1. The van der Waals surface area contributed by atoms with Crippen LogP contribution in [-0.2, 0) is 33.4 Å². The number of anilines is 1. The maximum absolute atomic E-state index is 15.7. The predicted octanol–water partition coefficient (Wildman–Crippen LogP) is 5.61. The van der Waals surface area contributed by atoms with Gasteiger partial charge in [0.05, 0.1) is 58.2 Å². The molecular formula is C56H66FN5O14. The molecule has 5 heterocycles.